The number of hydrogen-bond donors (Lipinski definition) is 2. The van der Waals surface area contributed by atoms with E-state index in [9.17, 15) is 14.4 Å². The average molecular weight is 387 g/mol. The largest absolute Gasteiger partial charge is 0.347 e. The average Bonchev–Trinajstić information content (AvgIpc) is 3.37. The summed E-state index contributed by atoms with van der Waals surface area (Å²) in [6.07, 6.45) is 2.37. The van der Waals surface area contributed by atoms with Crippen molar-refractivity contribution in [1.82, 2.24) is 4.90 Å². The second-order valence-electron chi connectivity index (χ2n) is 7.70. The maximum atomic E-state index is 13.1. The van der Waals surface area contributed by atoms with E-state index in [0.29, 0.717) is 63.4 Å². The van der Waals surface area contributed by atoms with Crippen LogP contribution in [0.4, 0.5) is 11.4 Å². The Morgan fingerprint density at radius 3 is 2.14 bits per heavy atom. The Labute approximate surface area is 163 Å². The maximum absolute atomic E-state index is 13.1. The predicted molar refractivity (Wildman–Crippen MR) is 101 cm³/mol. The van der Waals surface area contributed by atoms with Crippen molar-refractivity contribution in [3.8, 4) is 0 Å². The van der Waals surface area contributed by atoms with Crippen molar-refractivity contribution < 1.29 is 23.9 Å². The molecule has 2 saturated heterocycles. The fourth-order valence-corrected chi connectivity index (χ4v) is 3.93. The van der Waals surface area contributed by atoms with Gasteiger partial charge in [-0.1, -0.05) is 6.07 Å². The number of anilines is 2. The molecular formula is C20H25N3O5. The first kappa shape index (κ1) is 18.9. The van der Waals surface area contributed by atoms with Gasteiger partial charge in [-0.05, 0) is 31.0 Å². The molecule has 4 rings (SSSR count). The Morgan fingerprint density at radius 1 is 0.964 bits per heavy atom. The normalized spacial score (nSPS) is 22.0. The van der Waals surface area contributed by atoms with Crippen molar-refractivity contribution in [2.75, 3.05) is 36.9 Å². The SMILES string of the molecule is CC(=O)Nc1cccc(NC(=O)C2(C(=O)N3CCC4(CC3)OCCO4)CC2)c1. The van der Waals surface area contributed by atoms with Crippen molar-refractivity contribution in [1.29, 1.82) is 0 Å². The minimum absolute atomic E-state index is 0.115. The van der Waals surface area contributed by atoms with Crippen LogP contribution in [-0.2, 0) is 23.9 Å². The first-order valence-corrected chi connectivity index (χ1v) is 9.69. The summed E-state index contributed by atoms with van der Waals surface area (Å²) in [4.78, 5) is 38.9. The van der Waals surface area contributed by atoms with Crippen molar-refractivity contribution in [2.24, 2.45) is 5.41 Å². The molecular weight excluding hydrogens is 362 g/mol. The molecule has 1 aromatic carbocycles. The van der Waals surface area contributed by atoms with E-state index in [0.717, 1.165) is 0 Å². The van der Waals surface area contributed by atoms with Gasteiger partial charge in [0.15, 0.2) is 5.79 Å². The number of carbonyl (C=O) groups excluding carboxylic acids is 3. The molecule has 2 N–H and O–H groups in total. The van der Waals surface area contributed by atoms with Gasteiger partial charge in [0.05, 0.1) is 13.2 Å². The van der Waals surface area contributed by atoms with Crippen LogP contribution in [0.2, 0.25) is 0 Å². The van der Waals surface area contributed by atoms with Crippen LogP contribution in [0.5, 0.6) is 0 Å². The van der Waals surface area contributed by atoms with Crippen molar-refractivity contribution >= 4 is 29.1 Å². The molecule has 8 nitrogen and oxygen atoms in total. The Hall–Kier alpha value is -2.45. The number of amides is 3. The van der Waals surface area contributed by atoms with Gasteiger partial charge in [-0.15, -0.1) is 0 Å². The Bertz CT molecular complexity index is 789. The molecule has 0 aromatic heterocycles. The molecule has 1 spiro atoms. The molecule has 150 valence electrons. The van der Waals surface area contributed by atoms with Gasteiger partial charge in [0.1, 0.15) is 5.41 Å². The predicted octanol–water partition coefficient (Wildman–Crippen LogP) is 1.73. The number of nitrogens with one attached hydrogen (secondary N) is 2. The van der Waals surface area contributed by atoms with Crippen molar-refractivity contribution in [3.05, 3.63) is 24.3 Å². The van der Waals surface area contributed by atoms with Gasteiger partial charge in [0.2, 0.25) is 17.7 Å². The molecule has 3 amide bonds. The third-order valence-electron chi connectivity index (χ3n) is 5.66. The van der Waals surface area contributed by atoms with Crippen LogP contribution >= 0.6 is 0 Å². The van der Waals surface area contributed by atoms with Crippen LogP contribution in [0, 0.1) is 5.41 Å². The summed E-state index contributed by atoms with van der Waals surface area (Å²) in [6.45, 7) is 3.68. The highest BCUT2D eigenvalue weighted by atomic mass is 16.7. The van der Waals surface area contributed by atoms with E-state index in [-0.39, 0.29) is 17.7 Å². The molecule has 0 bridgehead atoms. The summed E-state index contributed by atoms with van der Waals surface area (Å²) < 4.78 is 11.4. The second kappa shape index (κ2) is 7.18. The van der Waals surface area contributed by atoms with Gasteiger partial charge in [-0.3, -0.25) is 14.4 Å². The standard InChI is InChI=1S/C20H25N3O5/c1-14(24)21-15-3-2-4-16(13-15)22-17(25)19(5-6-19)18(26)23-9-7-20(8-10-23)27-11-12-28-20/h2-4,13H,5-12H2,1H3,(H,21,24)(H,22,25). The highest BCUT2D eigenvalue weighted by Gasteiger charge is 2.58. The Kier molecular flexibility index (Phi) is 4.84. The topological polar surface area (TPSA) is 97.0 Å². The maximum Gasteiger partial charge on any atom is 0.240 e. The summed E-state index contributed by atoms with van der Waals surface area (Å²) in [7, 11) is 0. The minimum Gasteiger partial charge on any atom is -0.347 e. The van der Waals surface area contributed by atoms with Crippen molar-refractivity contribution in [2.45, 2.75) is 38.4 Å². The summed E-state index contributed by atoms with van der Waals surface area (Å²) >= 11 is 0. The number of rotatable bonds is 4. The number of carbonyl (C=O) groups is 3. The lowest BCUT2D eigenvalue weighted by molar-refractivity contribution is -0.188. The quantitative estimate of drug-likeness (QED) is 0.767. The molecule has 3 aliphatic rings. The molecule has 2 aliphatic heterocycles. The van der Waals surface area contributed by atoms with Gasteiger partial charge in [0.25, 0.3) is 0 Å². The fraction of sp³-hybridized carbons (Fsp3) is 0.550. The fourth-order valence-electron chi connectivity index (χ4n) is 3.93. The molecule has 0 atom stereocenters. The molecule has 1 aromatic rings. The summed E-state index contributed by atoms with van der Waals surface area (Å²) in [5.74, 6) is -1.13. The zero-order chi connectivity index (χ0) is 19.8. The lowest BCUT2D eigenvalue weighted by Crippen LogP contribution is -2.51. The van der Waals surface area contributed by atoms with Crippen molar-refractivity contribution in [3.63, 3.8) is 0 Å². The second-order valence-corrected chi connectivity index (χ2v) is 7.70. The number of nitrogens with zero attached hydrogens (tertiary/aromatic N) is 1. The van der Waals surface area contributed by atoms with E-state index in [1.165, 1.54) is 6.92 Å². The van der Waals surface area contributed by atoms with Gasteiger partial charge < -0.3 is 25.0 Å². The number of benzene rings is 1. The number of likely N-dealkylation sites (tertiary alicyclic amines) is 1. The summed E-state index contributed by atoms with van der Waals surface area (Å²) in [5.41, 5.74) is 0.173. The van der Waals surface area contributed by atoms with E-state index in [1.54, 1.807) is 29.2 Å². The van der Waals surface area contributed by atoms with Crippen LogP contribution in [0.1, 0.15) is 32.6 Å². The molecule has 3 fully saturated rings. The highest BCUT2D eigenvalue weighted by molar-refractivity contribution is 6.13. The van der Waals surface area contributed by atoms with Gasteiger partial charge in [-0.25, -0.2) is 0 Å². The smallest absolute Gasteiger partial charge is 0.240 e. The monoisotopic (exact) mass is 387 g/mol. The zero-order valence-corrected chi connectivity index (χ0v) is 16.0. The van der Waals surface area contributed by atoms with E-state index in [2.05, 4.69) is 10.6 Å². The molecule has 28 heavy (non-hydrogen) atoms. The molecule has 2 heterocycles. The summed E-state index contributed by atoms with van der Waals surface area (Å²) in [6, 6.07) is 6.91. The van der Waals surface area contributed by atoms with E-state index < -0.39 is 11.2 Å². The first-order valence-electron chi connectivity index (χ1n) is 9.69. The number of hydrogen-bond acceptors (Lipinski definition) is 5. The van der Waals surface area contributed by atoms with E-state index in [1.807, 2.05) is 0 Å². The molecule has 8 heteroatoms. The van der Waals surface area contributed by atoms with Crippen LogP contribution in [-0.4, -0.2) is 54.7 Å². The van der Waals surface area contributed by atoms with Crippen LogP contribution < -0.4 is 10.6 Å². The third kappa shape index (κ3) is 3.62. The van der Waals surface area contributed by atoms with E-state index in [4.69, 9.17) is 9.47 Å². The van der Waals surface area contributed by atoms with E-state index >= 15 is 0 Å². The van der Waals surface area contributed by atoms with Gasteiger partial charge >= 0.3 is 0 Å². The van der Waals surface area contributed by atoms with Gasteiger partial charge in [-0.2, -0.15) is 0 Å². The van der Waals surface area contributed by atoms with Crippen LogP contribution in [0.15, 0.2) is 24.3 Å². The molecule has 1 saturated carbocycles. The lowest BCUT2D eigenvalue weighted by atomic mass is 9.98. The van der Waals surface area contributed by atoms with Gasteiger partial charge in [0, 0.05) is 44.2 Å². The molecule has 1 aliphatic carbocycles. The number of ether oxygens (including phenoxy) is 2. The Morgan fingerprint density at radius 2 is 1.57 bits per heavy atom. The minimum atomic E-state index is -0.980. The molecule has 0 radical (unpaired) electrons. The lowest BCUT2D eigenvalue weighted by Gasteiger charge is -2.38. The van der Waals surface area contributed by atoms with Crippen LogP contribution in [0.3, 0.4) is 0 Å². The zero-order valence-electron chi connectivity index (χ0n) is 16.0. The number of piperidine rings is 1. The first-order chi connectivity index (χ1) is 13.4. The highest BCUT2D eigenvalue weighted by Crippen LogP contribution is 2.49. The third-order valence-corrected chi connectivity index (χ3v) is 5.66. The molecule has 0 unspecified atom stereocenters. The van der Waals surface area contributed by atoms with Crippen LogP contribution in [0.25, 0.3) is 0 Å². The summed E-state index contributed by atoms with van der Waals surface area (Å²) in [5, 5.41) is 5.52. The Balaban J connectivity index is 1.39.